The molecule has 0 bridgehead atoms. The van der Waals surface area contributed by atoms with E-state index in [4.69, 9.17) is 20.7 Å². The fourth-order valence-corrected chi connectivity index (χ4v) is 3.95. The lowest BCUT2D eigenvalue weighted by atomic mass is 9.81. The average molecular weight is 346 g/mol. The van der Waals surface area contributed by atoms with Gasteiger partial charge in [-0.25, -0.2) is 4.98 Å². The van der Waals surface area contributed by atoms with E-state index in [0.29, 0.717) is 11.5 Å². The first-order chi connectivity index (χ1) is 12.5. The van der Waals surface area contributed by atoms with Gasteiger partial charge in [-0.1, -0.05) is 6.07 Å². The third-order valence-corrected chi connectivity index (χ3v) is 5.30. The van der Waals surface area contributed by atoms with E-state index in [-0.39, 0.29) is 0 Å². The molecule has 1 aliphatic carbocycles. The zero-order valence-corrected chi connectivity index (χ0v) is 15.3. The normalized spacial score (nSPS) is 16.3. The highest BCUT2D eigenvalue weighted by atomic mass is 16.5. The molecule has 1 aliphatic rings. The third kappa shape index (κ3) is 2.46. The number of hydrogen-bond donors (Lipinski definition) is 2. The van der Waals surface area contributed by atoms with Crippen LogP contribution >= 0.6 is 0 Å². The Balaban J connectivity index is 1.95. The van der Waals surface area contributed by atoms with E-state index in [1.807, 2.05) is 18.2 Å². The van der Waals surface area contributed by atoms with Crippen LogP contribution in [-0.4, -0.2) is 17.1 Å². The molecule has 0 saturated heterocycles. The molecule has 0 spiro atoms. The number of aryl methyl sites for hydroxylation is 2. The first kappa shape index (κ1) is 16.6. The summed E-state index contributed by atoms with van der Waals surface area (Å²) in [5.41, 5.74) is 11.8. The summed E-state index contributed by atoms with van der Waals surface area (Å²) < 4.78 is 5.70. The van der Waals surface area contributed by atoms with Crippen LogP contribution in [0, 0.1) is 31.1 Å². The molecule has 3 aromatic rings. The van der Waals surface area contributed by atoms with Crippen LogP contribution in [0.2, 0.25) is 0 Å². The van der Waals surface area contributed by atoms with Crippen LogP contribution in [0.3, 0.4) is 0 Å². The lowest BCUT2D eigenvalue weighted by molar-refractivity contribution is 0.373. The van der Waals surface area contributed by atoms with Crippen LogP contribution in [0.25, 0.3) is 11.0 Å². The van der Waals surface area contributed by atoms with Crippen molar-refractivity contribution in [3.63, 3.8) is 0 Å². The quantitative estimate of drug-likeness (QED) is 0.754. The van der Waals surface area contributed by atoms with Crippen molar-refractivity contribution in [3.05, 3.63) is 58.4 Å². The van der Waals surface area contributed by atoms with Crippen LogP contribution < -0.4 is 10.5 Å². The number of benzene rings is 2. The Kier molecular flexibility index (Phi) is 3.74. The molecule has 26 heavy (non-hydrogen) atoms. The highest BCUT2D eigenvalue weighted by Gasteiger charge is 2.49. The Hall–Kier alpha value is -2.84. The topological polar surface area (TPSA) is 87.7 Å². The van der Waals surface area contributed by atoms with Crippen LogP contribution in [-0.2, 0) is 5.54 Å². The molecule has 1 unspecified atom stereocenters. The molecule has 0 radical (unpaired) electrons. The number of nitriles is 1. The third-order valence-electron chi connectivity index (χ3n) is 5.30. The number of rotatable bonds is 4. The van der Waals surface area contributed by atoms with Crippen molar-refractivity contribution in [1.82, 2.24) is 9.97 Å². The molecule has 5 nitrogen and oxygen atoms in total. The van der Waals surface area contributed by atoms with Crippen LogP contribution in [0.1, 0.15) is 40.9 Å². The van der Waals surface area contributed by atoms with E-state index in [2.05, 4.69) is 31.0 Å². The van der Waals surface area contributed by atoms with Crippen molar-refractivity contribution in [2.24, 2.45) is 11.7 Å². The molecule has 1 heterocycles. The number of nitrogens with one attached hydrogen (secondary N) is 1. The fraction of sp³-hybridized carbons (Fsp3) is 0.333. The number of imidazole rings is 1. The number of methoxy groups -OCH3 is 1. The van der Waals surface area contributed by atoms with E-state index in [9.17, 15) is 0 Å². The Morgan fingerprint density at radius 2 is 2.04 bits per heavy atom. The molecule has 1 saturated carbocycles. The molecular weight excluding hydrogens is 324 g/mol. The second-order valence-corrected chi connectivity index (χ2v) is 7.23. The number of hydrogen-bond acceptors (Lipinski definition) is 4. The van der Waals surface area contributed by atoms with E-state index < -0.39 is 5.54 Å². The monoisotopic (exact) mass is 346 g/mol. The Morgan fingerprint density at radius 3 is 2.69 bits per heavy atom. The number of nitrogens with zero attached hydrogens (tertiary/aromatic N) is 2. The van der Waals surface area contributed by atoms with E-state index >= 15 is 0 Å². The first-order valence-corrected chi connectivity index (χ1v) is 8.82. The Labute approximate surface area is 152 Å². The number of fused-ring (bicyclic) bond motifs is 1. The summed E-state index contributed by atoms with van der Waals surface area (Å²) >= 11 is 0. The number of aromatic amines is 1. The summed E-state index contributed by atoms with van der Waals surface area (Å²) in [6.45, 7) is 4.13. The van der Waals surface area contributed by atoms with Gasteiger partial charge in [0.1, 0.15) is 17.1 Å². The summed E-state index contributed by atoms with van der Waals surface area (Å²) in [6, 6.07) is 11.8. The zero-order valence-electron chi connectivity index (χ0n) is 15.3. The molecule has 4 rings (SSSR count). The standard InChI is InChI=1S/C21H22N4O/c1-12-8-13(2)19(18(9-12)26-3)21(23,15-5-6-15)20-24-16-7-4-14(11-22)10-17(16)25-20/h4,7-10,15H,5-6,23H2,1-3H3,(H,24,25). The minimum Gasteiger partial charge on any atom is -0.496 e. The van der Waals surface area contributed by atoms with Crippen molar-refractivity contribution >= 4 is 11.0 Å². The smallest absolute Gasteiger partial charge is 0.132 e. The van der Waals surface area contributed by atoms with Crippen molar-refractivity contribution in [2.75, 3.05) is 7.11 Å². The number of aromatic nitrogens is 2. The van der Waals surface area contributed by atoms with Crippen molar-refractivity contribution in [2.45, 2.75) is 32.2 Å². The van der Waals surface area contributed by atoms with Gasteiger partial charge in [0.15, 0.2) is 0 Å². The summed E-state index contributed by atoms with van der Waals surface area (Å²) in [5, 5.41) is 9.15. The van der Waals surface area contributed by atoms with E-state index in [1.54, 1.807) is 13.2 Å². The molecule has 1 atom stereocenters. The summed E-state index contributed by atoms with van der Waals surface area (Å²) in [7, 11) is 1.68. The maximum atomic E-state index is 9.15. The maximum absolute atomic E-state index is 9.15. The van der Waals surface area contributed by atoms with Crippen LogP contribution in [0.5, 0.6) is 5.75 Å². The summed E-state index contributed by atoms with van der Waals surface area (Å²) in [4.78, 5) is 8.17. The van der Waals surface area contributed by atoms with Crippen molar-refractivity contribution < 1.29 is 4.74 Å². The van der Waals surface area contributed by atoms with E-state index in [1.165, 1.54) is 0 Å². The van der Waals surface area contributed by atoms with Gasteiger partial charge in [0.05, 0.1) is 29.8 Å². The molecule has 5 heteroatoms. The second-order valence-electron chi connectivity index (χ2n) is 7.23. The molecule has 1 fully saturated rings. The molecule has 3 N–H and O–H groups in total. The number of ether oxygens (including phenoxy) is 1. The van der Waals surface area contributed by atoms with Crippen LogP contribution in [0.4, 0.5) is 0 Å². The van der Waals surface area contributed by atoms with Gasteiger partial charge in [-0.2, -0.15) is 5.26 Å². The van der Waals surface area contributed by atoms with Crippen LogP contribution in [0.15, 0.2) is 30.3 Å². The van der Waals surface area contributed by atoms with Gasteiger partial charge in [-0.05, 0) is 68.0 Å². The number of nitrogens with two attached hydrogens (primary N) is 1. The van der Waals surface area contributed by atoms with Gasteiger partial charge in [0.25, 0.3) is 0 Å². The highest BCUT2D eigenvalue weighted by molar-refractivity contribution is 5.77. The van der Waals surface area contributed by atoms with Gasteiger partial charge in [-0.15, -0.1) is 0 Å². The molecule has 0 amide bonds. The summed E-state index contributed by atoms with van der Waals surface area (Å²) in [6.07, 6.45) is 2.13. The SMILES string of the molecule is COc1cc(C)cc(C)c1C(N)(c1nc2ccc(C#N)cc2[nH]1)C1CC1. The van der Waals surface area contributed by atoms with E-state index in [0.717, 1.165) is 52.1 Å². The molecule has 1 aromatic heterocycles. The predicted molar refractivity (Wildman–Crippen MR) is 101 cm³/mol. The van der Waals surface area contributed by atoms with Gasteiger partial charge < -0.3 is 15.5 Å². The molecular formula is C21H22N4O. The minimum atomic E-state index is -0.741. The highest BCUT2D eigenvalue weighted by Crippen LogP contribution is 2.50. The van der Waals surface area contributed by atoms with Gasteiger partial charge in [0, 0.05) is 5.56 Å². The first-order valence-electron chi connectivity index (χ1n) is 8.82. The lowest BCUT2D eigenvalue weighted by Crippen LogP contribution is -2.42. The maximum Gasteiger partial charge on any atom is 0.132 e. The molecule has 132 valence electrons. The molecule has 0 aliphatic heterocycles. The fourth-order valence-electron chi connectivity index (χ4n) is 3.95. The summed E-state index contributed by atoms with van der Waals surface area (Å²) in [5.74, 6) is 1.85. The second kappa shape index (κ2) is 5.86. The zero-order chi connectivity index (χ0) is 18.5. The van der Waals surface area contributed by atoms with Crippen molar-refractivity contribution in [1.29, 1.82) is 5.26 Å². The largest absolute Gasteiger partial charge is 0.496 e. The number of H-pyrrole nitrogens is 1. The van der Waals surface area contributed by atoms with Gasteiger partial charge >= 0.3 is 0 Å². The predicted octanol–water partition coefficient (Wildman–Crippen LogP) is 3.67. The lowest BCUT2D eigenvalue weighted by Gasteiger charge is -2.31. The van der Waals surface area contributed by atoms with Gasteiger partial charge in [-0.3, -0.25) is 0 Å². The Morgan fingerprint density at radius 1 is 1.27 bits per heavy atom. The average Bonchev–Trinajstić information content (AvgIpc) is 3.39. The van der Waals surface area contributed by atoms with Crippen molar-refractivity contribution in [3.8, 4) is 11.8 Å². The minimum absolute atomic E-state index is 0.314. The molecule has 2 aromatic carbocycles. The Bertz CT molecular complexity index is 1040. The van der Waals surface area contributed by atoms with Gasteiger partial charge in [0.2, 0.25) is 0 Å².